The van der Waals surface area contributed by atoms with Gasteiger partial charge in [0, 0.05) is 11.3 Å². The van der Waals surface area contributed by atoms with Crippen molar-refractivity contribution in [2.24, 2.45) is 0 Å². The first-order valence-corrected chi connectivity index (χ1v) is 4.80. The summed E-state index contributed by atoms with van der Waals surface area (Å²) in [5.41, 5.74) is 1.08. The molecule has 1 saturated carbocycles. The first-order chi connectivity index (χ1) is 5.38. The van der Waals surface area contributed by atoms with Gasteiger partial charge in [0.05, 0.1) is 11.8 Å². The topological polar surface area (TPSA) is 33.1 Å². The second kappa shape index (κ2) is 2.91. The fourth-order valence-electron chi connectivity index (χ4n) is 1.70. The lowest BCUT2D eigenvalue weighted by Gasteiger charge is -2.10. The minimum absolute atomic E-state index is 0.142. The Hall–Kier alpha value is -0.410. The van der Waals surface area contributed by atoms with Crippen LogP contribution in [0.1, 0.15) is 30.9 Å². The maximum atomic E-state index is 9.53. The molecule has 0 amide bonds. The number of aliphatic hydroxyl groups is 1. The maximum Gasteiger partial charge on any atom is 0.0624 e. The van der Waals surface area contributed by atoms with Crippen molar-refractivity contribution in [1.29, 1.82) is 0 Å². The van der Waals surface area contributed by atoms with Crippen LogP contribution >= 0.6 is 11.5 Å². The standard InChI is InChI=1S/C8H11NOS/c10-8-3-1-2-6(8)7-4-5-11-9-7/h4-6,8,10H,1-3H2. The summed E-state index contributed by atoms with van der Waals surface area (Å²) in [7, 11) is 0. The van der Waals surface area contributed by atoms with Crippen LogP contribution in [0.5, 0.6) is 0 Å². The first-order valence-electron chi connectivity index (χ1n) is 3.96. The molecule has 60 valence electrons. The summed E-state index contributed by atoms with van der Waals surface area (Å²) < 4.78 is 4.23. The molecule has 1 aliphatic carbocycles. The van der Waals surface area contributed by atoms with Gasteiger partial charge in [-0.3, -0.25) is 0 Å². The van der Waals surface area contributed by atoms with E-state index >= 15 is 0 Å². The van der Waals surface area contributed by atoms with E-state index in [0.717, 1.165) is 25.0 Å². The van der Waals surface area contributed by atoms with E-state index in [4.69, 9.17) is 0 Å². The molecular formula is C8H11NOS. The van der Waals surface area contributed by atoms with Crippen molar-refractivity contribution in [2.45, 2.75) is 31.3 Å². The van der Waals surface area contributed by atoms with Crippen LogP contribution in [0.2, 0.25) is 0 Å². The van der Waals surface area contributed by atoms with Crippen LogP contribution in [0.25, 0.3) is 0 Å². The van der Waals surface area contributed by atoms with E-state index in [1.54, 1.807) is 0 Å². The highest BCUT2D eigenvalue weighted by molar-refractivity contribution is 7.03. The zero-order valence-electron chi connectivity index (χ0n) is 6.23. The van der Waals surface area contributed by atoms with E-state index in [2.05, 4.69) is 4.37 Å². The molecule has 11 heavy (non-hydrogen) atoms. The van der Waals surface area contributed by atoms with Crippen LogP contribution in [0.3, 0.4) is 0 Å². The molecule has 3 heteroatoms. The Balaban J connectivity index is 2.16. The summed E-state index contributed by atoms with van der Waals surface area (Å²) in [6, 6.07) is 2.02. The van der Waals surface area contributed by atoms with Crippen LogP contribution in [0.15, 0.2) is 11.4 Å². The van der Waals surface area contributed by atoms with Gasteiger partial charge in [-0.15, -0.1) is 0 Å². The lowest BCUT2D eigenvalue weighted by Crippen LogP contribution is -2.10. The van der Waals surface area contributed by atoms with E-state index in [1.807, 2.05) is 11.4 Å². The van der Waals surface area contributed by atoms with Gasteiger partial charge >= 0.3 is 0 Å². The third kappa shape index (κ3) is 1.30. The van der Waals surface area contributed by atoms with Gasteiger partial charge in [-0.2, -0.15) is 4.37 Å². The quantitative estimate of drug-likeness (QED) is 0.695. The zero-order chi connectivity index (χ0) is 7.68. The van der Waals surface area contributed by atoms with Crippen LogP contribution < -0.4 is 0 Å². The molecule has 0 bridgehead atoms. The fraction of sp³-hybridized carbons (Fsp3) is 0.625. The molecule has 2 unspecified atom stereocenters. The van der Waals surface area contributed by atoms with Crippen molar-refractivity contribution < 1.29 is 5.11 Å². The van der Waals surface area contributed by atoms with Gasteiger partial charge in [-0.1, -0.05) is 6.42 Å². The molecule has 0 radical (unpaired) electrons. The molecule has 0 spiro atoms. The zero-order valence-corrected chi connectivity index (χ0v) is 7.05. The molecule has 1 N–H and O–H groups in total. The summed E-state index contributed by atoms with van der Waals surface area (Å²) in [6.45, 7) is 0. The summed E-state index contributed by atoms with van der Waals surface area (Å²) in [5.74, 6) is 0.321. The Morgan fingerprint density at radius 3 is 3.00 bits per heavy atom. The molecule has 0 aromatic carbocycles. The van der Waals surface area contributed by atoms with Crippen molar-refractivity contribution in [2.75, 3.05) is 0 Å². The number of hydrogen-bond donors (Lipinski definition) is 1. The van der Waals surface area contributed by atoms with E-state index < -0.39 is 0 Å². The number of rotatable bonds is 1. The Bertz CT molecular complexity index is 222. The first kappa shape index (κ1) is 7.25. The molecule has 2 atom stereocenters. The molecular weight excluding hydrogens is 158 g/mol. The molecule has 0 aliphatic heterocycles. The van der Waals surface area contributed by atoms with Gasteiger partial charge in [0.25, 0.3) is 0 Å². The summed E-state index contributed by atoms with van der Waals surface area (Å²) in [6.07, 6.45) is 3.05. The van der Waals surface area contributed by atoms with Gasteiger partial charge < -0.3 is 5.11 Å². The van der Waals surface area contributed by atoms with Crippen molar-refractivity contribution in [1.82, 2.24) is 4.37 Å². The predicted octanol–water partition coefficient (Wildman–Crippen LogP) is 1.77. The number of nitrogens with zero attached hydrogens (tertiary/aromatic N) is 1. The minimum atomic E-state index is -0.142. The van der Waals surface area contributed by atoms with E-state index in [0.29, 0.717) is 5.92 Å². The minimum Gasteiger partial charge on any atom is -0.392 e. The molecule has 1 aromatic heterocycles. The molecule has 2 rings (SSSR count). The van der Waals surface area contributed by atoms with Crippen LogP contribution in [-0.2, 0) is 0 Å². The van der Waals surface area contributed by atoms with Gasteiger partial charge in [0.2, 0.25) is 0 Å². The third-order valence-corrected chi connectivity index (χ3v) is 2.89. The van der Waals surface area contributed by atoms with Crippen molar-refractivity contribution in [3.05, 3.63) is 17.1 Å². The van der Waals surface area contributed by atoms with E-state index in [1.165, 1.54) is 11.5 Å². The number of aromatic nitrogens is 1. The Morgan fingerprint density at radius 2 is 2.45 bits per heavy atom. The van der Waals surface area contributed by atoms with Gasteiger partial charge in [0.15, 0.2) is 0 Å². The fourth-order valence-corrected chi connectivity index (χ4v) is 2.28. The molecule has 0 saturated heterocycles. The van der Waals surface area contributed by atoms with Crippen molar-refractivity contribution >= 4 is 11.5 Å². The van der Waals surface area contributed by atoms with Gasteiger partial charge in [0.1, 0.15) is 0 Å². The van der Waals surface area contributed by atoms with Crippen molar-refractivity contribution in [3.63, 3.8) is 0 Å². The molecule has 2 nitrogen and oxygen atoms in total. The average Bonchev–Trinajstić information content (AvgIpc) is 2.55. The second-order valence-electron chi connectivity index (χ2n) is 3.03. The molecule has 1 aliphatic rings. The summed E-state index contributed by atoms with van der Waals surface area (Å²) in [4.78, 5) is 0. The number of aliphatic hydroxyl groups excluding tert-OH is 1. The van der Waals surface area contributed by atoms with E-state index in [-0.39, 0.29) is 6.10 Å². The summed E-state index contributed by atoms with van der Waals surface area (Å²) in [5, 5.41) is 11.5. The Labute approximate surface area is 70.0 Å². The Kier molecular flexibility index (Phi) is 1.92. The van der Waals surface area contributed by atoms with Gasteiger partial charge in [-0.25, -0.2) is 0 Å². The average molecular weight is 169 g/mol. The van der Waals surface area contributed by atoms with Crippen LogP contribution in [-0.4, -0.2) is 15.6 Å². The van der Waals surface area contributed by atoms with Crippen LogP contribution in [0.4, 0.5) is 0 Å². The van der Waals surface area contributed by atoms with Crippen LogP contribution in [0, 0.1) is 0 Å². The summed E-state index contributed by atoms with van der Waals surface area (Å²) >= 11 is 1.47. The molecule has 1 fully saturated rings. The highest BCUT2D eigenvalue weighted by Crippen LogP contribution is 2.33. The largest absolute Gasteiger partial charge is 0.392 e. The highest BCUT2D eigenvalue weighted by Gasteiger charge is 2.27. The molecule has 1 heterocycles. The van der Waals surface area contributed by atoms with E-state index in [9.17, 15) is 5.11 Å². The second-order valence-corrected chi connectivity index (χ2v) is 3.69. The van der Waals surface area contributed by atoms with Gasteiger partial charge in [-0.05, 0) is 30.4 Å². The van der Waals surface area contributed by atoms with Crippen molar-refractivity contribution in [3.8, 4) is 0 Å². The molecule has 1 aromatic rings. The predicted molar refractivity (Wildman–Crippen MR) is 44.7 cm³/mol. The monoisotopic (exact) mass is 169 g/mol. The highest BCUT2D eigenvalue weighted by atomic mass is 32.1. The third-order valence-electron chi connectivity index (χ3n) is 2.32. The lowest BCUT2D eigenvalue weighted by molar-refractivity contribution is 0.162. The SMILES string of the molecule is OC1CCCC1c1ccsn1. The lowest BCUT2D eigenvalue weighted by atomic mass is 10.0. The smallest absolute Gasteiger partial charge is 0.0624 e. The Morgan fingerprint density at radius 1 is 1.55 bits per heavy atom. The maximum absolute atomic E-state index is 9.53. The normalized spacial score (nSPS) is 31.0. The number of hydrogen-bond acceptors (Lipinski definition) is 3.